The molecule has 0 aliphatic carbocycles. The smallest absolute Gasteiger partial charge is 0.310 e. The van der Waals surface area contributed by atoms with Gasteiger partial charge >= 0.3 is 5.97 Å². The van der Waals surface area contributed by atoms with Crippen LogP contribution in [0.25, 0.3) is 0 Å². The predicted octanol–water partition coefficient (Wildman–Crippen LogP) is 2.12. The zero-order valence-corrected chi connectivity index (χ0v) is 9.95. The monoisotopic (exact) mass is 218 g/mol. The first-order valence-electron chi connectivity index (χ1n) is 5.63. The van der Waals surface area contributed by atoms with E-state index in [-0.39, 0.29) is 12.4 Å². The van der Waals surface area contributed by atoms with Gasteiger partial charge in [0.15, 0.2) is 6.29 Å². The molecule has 15 heavy (non-hydrogen) atoms. The van der Waals surface area contributed by atoms with Crippen LogP contribution in [0.2, 0.25) is 0 Å². The van der Waals surface area contributed by atoms with Gasteiger partial charge in [0, 0.05) is 13.2 Å². The van der Waals surface area contributed by atoms with Gasteiger partial charge in [-0.3, -0.25) is 4.79 Å². The Morgan fingerprint density at radius 2 is 1.87 bits per heavy atom. The van der Waals surface area contributed by atoms with Gasteiger partial charge in [0.2, 0.25) is 0 Å². The van der Waals surface area contributed by atoms with Crippen molar-refractivity contribution in [2.45, 2.75) is 46.3 Å². The average Bonchev–Trinajstić information content (AvgIpc) is 2.18. The molecule has 0 aliphatic heterocycles. The number of esters is 1. The Morgan fingerprint density at radius 1 is 1.13 bits per heavy atom. The summed E-state index contributed by atoms with van der Waals surface area (Å²) in [6.45, 7) is 7.31. The van der Waals surface area contributed by atoms with Crippen LogP contribution in [-0.4, -0.2) is 32.1 Å². The highest BCUT2D eigenvalue weighted by molar-refractivity contribution is 5.69. The summed E-state index contributed by atoms with van der Waals surface area (Å²) in [7, 11) is 0. The summed E-state index contributed by atoms with van der Waals surface area (Å²) in [5.74, 6) is -0.271. The summed E-state index contributed by atoms with van der Waals surface area (Å²) in [6.07, 6.45) is 1.76. The minimum Gasteiger partial charge on any atom is -0.466 e. The largest absolute Gasteiger partial charge is 0.466 e. The second-order valence-electron chi connectivity index (χ2n) is 3.12. The van der Waals surface area contributed by atoms with Crippen LogP contribution in [0.1, 0.15) is 40.0 Å². The molecule has 0 aliphatic rings. The van der Waals surface area contributed by atoms with Crippen LogP contribution < -0.4 is 0 Å². The minimum absolute atomic E-state index is 0.172. The van der Waals surface area contributed by atoms with E-state index in [1.165, 1.54) is 0 Å². The third-order valence-electron chi connectivity index (χ3n) is 1.79. The van der Waals surface area contributed by atoms with Gasteiger partial charge in [-0.1, -0.05) is 13.3 Å². The number of ether oxygens (including phenoxy) is 3. The molecule has 4 heteroatoms. The molecular formula is C11H22O4. The lowest BCUT2D eigenvalue weighted by Crippen LogP contribution is -2.23. The molecule has 0 saturated heterocycles. The lowest BCUT2D eigenvalue weighted by molar-refractivity contribution is -0.169. The molecule has 0 rings (SSSR count). The summed E-state index contributed by atoms with van der Waals surface area (Å²) in [5, 5.41) is 0. The van der Waals surface area contributed by atoms with E-state index in [1.54, 1.807) is 6.92 Å². The molecule has 0 N–H and O–H groups in total. The first kappa shape index (κ1) is 14.4. The summed E-state index contributed by atoms with van der Waals surface area (Å²) >= 11 is 0. The highest BCUT2D eigenvalue weighted by Gasteiger charge is 2.14. The molecule has 1 unspecified atom stereocenters. The van der Waals surface area contributed by atoms with Crippen molar-refractivity contribution in [3.63, 3.8) is 0 Å². The highest BCUT2D eigenvalue weighted by Crippen LogP contribution is 2.04. The topological polar surface area (TPSA) is 44.8 Å². The van der Waals surface area contributed by atoms with Crippen LogP contribution in [0.3, 0.4) is 0 Å². The second-order valence-corrected chi connectivity index (χ2v) is 3.12. The van der Waals surface area contributed by atoms with E-state index in [0.29, 0.717) is 19.8 Å². The van der Waals surface area contributed by atoms with Gasteiger partial charge in [0.25, 0.3) is 0 Å². The number of carbonyl (C=O) groups excluding carboxylic acids is 1. The van der Waals surface area contributed by atoms with E-state index in [4.69, 9.17) is 14.2 Å². The molecule has 0 saturated carbocycles. The maximum Gasteiger partial charge on any atom is 0.310 e. The van der Waals surface area contributed by atoms with Crippen LogP contribution in [0.15, 0.2) is 0 Å². The number of rotatable bonds is 9. The number of carbonyl (C=O) groups is 1. The third-order valence-corrected chi connectivity index (χ3v) is 1.79. The summed E-state index contributed by atoms with van der Waals surface area (Å²) in [4.78, 5) is 11.2. The Kier molecular flexibility index (Phi) is 9.52. The number of hydrogen-bond acceptors (Lipinski definition) is 4. The molecule has 0 amide bonds. The van der Waals surface area contributed by atoms with Gasteiger partial charge in [-0.2, -0.15) is 0 Å². The SMILES string of the molecule is CCCCOC(CC(=O)OCC)OCC. The summed E-state index contributed by atoms with van der Waals surface area (Å²) in [5.41, 5.74) is 0. The van der Waals surface area contributed by atoms with Crippen molar-refractivity contribution in [2.24, 2.45) is 0 Å². The van der Waals surface area contributed by atoms with E-state index in [9.17, 15) is 4.79 Å². The number of hydrogen-bond donors (Lipinski definition) is 0. The Balaban J connectivity index is 3.75. The lowest BCUT2D eigenvalue weighted by atomic mass is 10.3. The maximum atomic E-state index is 11.2. The zero-order valence-electron chi connectivity index (χ0n) is 9.95. The van der Waals surface area contributed by atoms with Crippen molar-refractivity contribution < 1.29 is 19.0 Å². The Morgan fingerprint density at radius 3 is 2.40 bits per heavy atom. The molecule has 0 bridgehead atoms. The fourth-order valence-electron chi connectivity index (χ4n) is 1.07. The molecule has 0 spiro atoms. The average molecular weight is 218 g/mol. The Bertz CT molecular complexity index is 159. The van der Waals surface area contributed by atoms with Crippen LogP contribution in [0.5, 0.6) is 0 Å². The van der Waals surface area contributed by atoms with Crippen molar-refractivity contribution in [3.05, 3.63) is 0 Å². The van der Waals surface area contributed by atoms with Gasteiger partial charge in [-0.15, -0.1) is 0 Å². The van der Waals surface area contributed by atoms with E-state index >= 15 is 0 Å². The standard InChI is InChI=1S/C11H22O4/c1-4-7-8-15-11(14-6-3)9-10(12)13-5-2/h11H,4-9H2,1-3H3. The lowest BCUT2D eigenvalue weighted by Gasteiger charge is -2.16. The zero-order chi connectivity index (χ0) is 11.5. The third kappa shape index (κ3) is 8.39. The molecule has 0 heterocycles. The van der Waals surface area contributed by atoms with E-state index in [0.717, 1.165) is 12.8 Å². The molecule has 1 atom stereocenters. The van der Waals surface area contributed by atoms with E-state index in [1.807, 2.05) is 6.92 Å². The van der Waals surface area contributed by atoms with Gasteiger partial charge in [-0.05, 0) is 20.3 Å². The van der Waals surface area contributed by atoms with Crippen molar-refractivity contribution in [2.75, 3.05) is 19.8 Å². The summed E-state index contributed by atoms with van der Waals surface area (Å²) in [6, 6.07) is 0. The quantitative estimate of drug-likeness (QED) is 0.338. The van der Waals surface area contributed by atoms with Gasteiger partial charge in [0.05, 0.1) is 13.0 Å². The van der Waals surface area contributed by atoms with Crippen LogP contribution >= 0.6 is 0 Å². The van der Waals surface area contributed by atoms with Crippen LogP contribution in [0.4, 0.5) is 0 Å². The van der Waals surface area contributed by atoms with Gasteiger partial charge in [-0.25, -0.2) is 0 Å². The molecule has 0 fully saturated rings. The fraction of sp³-hybridized carbons (Fsp3) is 0.909. The Hall–Kier alpha value is -0.610. The molecule has 90 valence electrons. The normalized spacial score (nSPS) is 12.5. The first-order valence-corrected chi connectivity index (χ1v) is 5.63. The predicted molar refractivity (Wildman–Crippen MR) is 57.5 cm³/mol. The maximum absolute atomic E-state index is 11.2. The highest BCUT2D eigenvalue weighted by atomic mass is 16.7. The van der Waals surface area contributed by atoms with E-state index < -0.39 is 6.29 Å². The molecular weight excluding hydrogens is 196 g/mol. The Labute approximate surface area is 91.9 Å². The molecule has 0 aromatic rings. The first-order chi connectivity index (χ1) is 7.24. The van der Waals surface area contributed by atoms with E-state index in [2.05, 4.69) is 6.92 Å². The van der Waals surface area contributed by atoms with Gasteiger partial charge < -0.3 is 14.2 Å². The number of unbranched alkanes of at least 4 members (excludes halogenated alkanes) is 1. The van der Waals surface area contributed by atoms with Crippen molar-refractivity contribution in [3.8, 4) is 0 Å². The van der Waals surface area contributed by atoms with Crippen LogP contribution in [-0.2, 0) is 19.0 Å². The van der Waals surface area contributed by atoms with Crippen molar-refractivity contribution in [1.29, 1.82) is 0 Å². The summed E-state index contributed by atoms with van der Waals surface area (Å²) < 4.78 is 15.5. The van der Waals surface area contributed by atoms with Crippen molar-refractivity contribution >= 4 is 5.97 Å². The van der Waals surface area contributed by atoms with Crippen molar-refractivity contribution in [1.82, 2.24) is 0 Å². The fourth-order valence-corrected chi connectivity index (χ4v) is 1.07. The molecule has 0 radical (unpaired) electrons. The molecule has 4 nitrogen and oxygen atoms in total. The molecule has 0 aromatic carbocycles. The van der Waals surface area contributed by atoms with Gasteiger partial charge in [0.1, 0.15) is 0 Å². The van der Waals surface area contributed by atoms with Crippen LogP contribution in [0, 0.1) is 0 Å². The second kappa shape index (κ2) is 9.93. The minimum atomic E-state index is -0.458. The molecule has 0 aromatic heterocycles.